The standard InChI is InChI=1S/C23H26BN2/c1-15-10-9-13-21-23(15)16(2)14-22(25(21)5)24-18(4)17(3)19-11-7-8-12-20(19)26(24)6/h7-14H,1-6H3/q+1. The van der Waals surface area contributed by atoms with E-state index >= 15 is 0 Å². The number of nitrogens with zero attached hydrogens (tertiary/aromatic N) is 2. The highest BCUT2D eigenvalue weighted by molar-refractivity contribution is 6.83. The summed E-state index contributed by atoms with van der Waals surface area (Å²) in [5.41, 5.74) is 10.8. The van der Waals surface area contributed by atoms with E-state index in [0.717, 1.165) is 0 Å². The van der Waals surface area contributed by atoms with Crippen molar-refractivity contribution in [2.75, 3.05) is 11.9 Å². The molecule has 3 heteroatoms. The highest BCUT2D eigenvalue weighted by Gasteiger charge is 2.39. The molecule has 0 aliphatic carbocycles. The molecule has 0 saturated carbocycles. The quantitative estimate of drug-likeness (QED) is 0.480. The number of pyridine rings is 1. The second kappa shape index (κ2) is 6.01. The van der Waals surface area contributed by atoms with Gasteiger partial charge in [-0.3, -0.25) is 0 Å². The van der Waals surface area contributed by atoms with Crippen molar-refractivity contribution >= 4 is 34.6 Å². The predicted octanol–water partition coefficient (Wildman–Crippen LogP) is 3.96. The monoisotopic (exact) mass is 341 g/mol. The van der Waals surface area contributed by atoms with Crippen molar-refractivity contribution in [2.24, 2.45) is 7.05 Å². The molecule has 0 saturated heterocycles. The lowest BCUT2D eigenvalue weighted by Crippen LogP contribution is -2.62. The maximum absolute atomic E-state index is 2.42. The van der Waals surface area contributed by atoms with Crippen LogP contribution >= 0.6 is 0 Å². The van der Waals surface area contributed by atoms with E-state index in [1.165, 1.54) is 49.9 Å². The fourth-order valence-corrected chi connectivity index (χ4v) is 4.60. The second-order valence-electron chi connectivity index (χ2n) is 7.62. The summed E-state index contributed by atoms with van der Waals surface area (Å²) in [7, 11) is 4.42. The minimum atomic E-state index is 0.249. The summed E-state index contributed by atoms with van der Waals surface area (Å²) in [4.78, 5) is 2.42. The van der Waals surface area contributed by atoms with Gasteiger partial charge in [0.05, 0.1) is 5.39 Å². The number of anilines is 1. The summed E-state index contributed by atoms with van der Waals surface area (Å²) in [6, 6.07) is 17.7. The molecule has 1 aliphatic heterocycles. The zero-order valence-corrected chi connectivity index (χ0v) is 16.6. The lowest BCUT2D eigenvalue weighted by atomic mass is 9.47. The van der Waals surface area contributed by atoms with Crippen LogP contribution in [0.15, 0.2) is 54.0 Å². The topological polar surface area (TPSA) is 7.12 Å². The molecule has 2 nitrogen and oxygen atoms in total. The van der Waals surface area contributed by atoms with Crippen molar-refractivity contribution in [2.45, 2.75) is 27.7 Å². The zero-order valence-electron chi connectivity index (χ0n) is 16.6. The Morgan fingerprint density at radius 1 is 0.885 bits per heavy atom. The molecule has 1 aromatic heterocycles. The van der Waals surface area contributed by atoms with Gasteiger partial charge in [-0.1, -0.05) is 35.8 Å². The highest BCUT2D eigenvalue weighted by atomic mass is 15.1. The van der Waals surface area contributed by atoms with E-state index in [1.54, 1.807) is 0 Å². The fourth-order valence-electron chi connectivity index (χ4n) is 4.60. The van der Waals surface area contributed by atoms with Gasteiger partial charge >= 0.3 is 6.85 Å². The van der Waals surface area contributed by atoms with Crippen LogP contribution in [0.25, 0.3) is 16.5 Å². The van der Waals surface area contributed by atoms with Crippen LogP contribution < -0.4 is 15.0 Å². The zero-order chi connectivity index (χ0) is 18.6. The molecule has 0 unspecified atom stereocenters. The Morgan fingerprint density at radius 3 is 2.38 bits per heavy atom. The average molecular weight is 341 g/mol. The van der Waals surface area contributed by atoms with Crippen molar-refractivity contribution in [3.8, 4) is 0 Å². The van der Waals surface area contributed by atoms with Crippen LogP contribution in [0.3, 0.4) is 0 Å². The first-order valence-electron chi connectivity index (χ1n) is 9.30. The number of para-hydroxylation sites is 1. The number of aryl methyl sites for hydroxylation is 3. The third-order valence-corrected chi connectivity index (χ3v) is 6.12. The summed E-state index contributed by atoms with van der Waals surface area (Å²) in [5, 5.41) is 1.37. The van der Waals surface area contributed by atoms with Gasteiger partial charge in [0.25, 0.3) is 0 Å². The first-order chi connectivity index (χ1) is 12.4. The van der Waals surface area contributed by atoms with Crippen LogP contribution in [0.5, 0.6) is 0 Å². The van der Waals surface area contributed by atoms with Crippen molar-refractivity contribution in [1.82, 2.24) is 0 Å². The van der Waals surface area contributed by atoms with Gasteiger partial charge in [-0.2, -0.15) is 0 Å². The number of aromatic nitrogens is 1. The normalized spacial score (nSPS) is 14.2. The number of benzene rings is 2. The summed E-state index contributed by atoms with van der Waals surface area (Å²) in [5.74, 6) is 0. The molecule has 0 fully saturated rings. The first kappa shape index (κ1) is 16.9. The van der Waals surface area contributed by atoms with Gasteiger partial charge < -0.3 is 4.81 Å². The molecular weight excluding hydrogens is 315 g/mol. The summed E-state index contributed by atoms with van der Waals surface area (Å²) in [6.07, 6.45) is 0. The number of rotatable bonds is 1. The molecule has 4 rings (SSSR count). The Labute approximate surface area is 156 Å². The van der Waals surface area contributed by atoms with E-state index in [2.05, 4.69) is 99.7 Å². The lowest BCUT2D eigenvalue weighted by Gasteiger charge is -2.34. The number of hydrogen-bond acceptors (Lipinski definition) is 1. The van der Waals surface area contributed by atoms with E-state index in [1.807, 2.05) is 0 Å². The van der Waals surface area contributed by atoms with Crippen LogP contribution in [-0.4, -0.2) is 13.9 Å². The molecule has 2 aromatic carbocycles. The van der Waals surface area contributed by atoms with Gasteiger partial charge in [0.1, 0.15) is 7.05 Å². The largest absolute Gasteiger partial charge is 0.404 e. The van der Waals surface area contributed by atoms with Crippen LogP contribution in [0, 0.1) is 13.8 Å². The van der Waals surface area contributed by atoms with Gasteiger partial charge in [-0.15, -0.1) is 0 Å². The molecule has 2 heterocycles. The Balaban J connectivity index is 2.00. The molecule has 1 aliphatic rings. The SMILES string of the molecule is CC1=C(C)c2ccccc2N(C)B1c1cc(C)c2c(C)cccc2[n+]1C. The molecule has 3 aromatic rings. The Bertz CT molecular complexity index is 1070. The summed E-state index contributed by atoms with van der Waals surface area (Å²) < 4.78 is 2.38. The molecular formula is C23H26BN2+. The Morgan fingerprint density at radius 2 is 1.62 bits per heavy atom. The van der Waals surface area contributed by atoms with Gasteiger partial charge in [0, 0.05) is 17.8 Å². The van der Waals surface area contributed by atoms with Crippen LogP contribution in [0.4, 0.5) is 5.69 Å². The molecule has 0 radical (unpaired) electrons. The Kier molecular flexibility index (Phi) is 3.91. The molecule has 0 spiro atoms. The highest BCUT2D eigenvalue weighted by Crippen LogP contribution is 2.35. The molecule has 0 amide bonds. The smallest absolute Gasteiger partial charge is 0.399 e. The molecule has 0 bridgehead atoms. The molecule has 0 N–H and O–H groups in total. The summed E-state index contributed by atoms with van der Waals surface area (Å²) in [6.45, 7) is 9.22. The molecule has 130 valence electrons. The van der Waals surface area contributed by atoms with Gasteiger partial charge in [0.15, 0.2) is 5.59 Å². The third kappa shape index (κ3) is 2.30. The van der Waals surface area contributed by atoms with Crippen LogP contribution in [0.1, 0.15) is 30.5 Å². The van der Waals surface area contributed by atoms with Crippen LogP contribution in [0.2, 0.25) is 0 Å². The number of hydrogen-bond donors (Lipinski definition) is 0. The summed E-state index contributed by atoms with van der Waals surface area (Å²) >= 11 is 0. The van der Waals surface area contributed by atoms with Gasteiger partial charge in [-0.05, 0) is 63.1 Å². The fraction of sp³-hybridized carbons (Fsp3) is 0.261. The maximum Gasteiger partial charge on any atom is 0.399 e. The van der Waals surface area contributed by atoms with Crippen molar-refractivity contribution < 1.29 is 4.57 Å². The van der Waals surface area contributed by atoms with E-state index in [-0.39, 0.29) is 6.85 Å². The number of allylic oxidation sites excluding steroid dienone is 2. The second-order valence-corrected chi connectivity index (χ2v) is 7.62. The van der Waals surface area contributed by atoms with E-state index in [9.17, 15) is 0 Å². The van der Waals surface area contributed by atoms with Gasteiger partial charge in [-0.25, -0.2) is 4.57 Å². The van der Waals surface area contributed by atoms with Crippen molar-refractivity contribution in [3.63, 3.8) is 0 Å². The lowest BCUT2D eigenvalue weighted by molar-refractivity contribution is -0.627. The number of fused-ring (bicyclic) bond motifs is 2. The first-order valence-corrected chi connectivity index (χ1v) is 9.30. The Hall–Kier alpha value is -2.55. The van der Waals surface area contributed by atoms with E-state index in [4.69, 9.17) is 0 Å². The molecule has 26 heavy (non-hydrogen) atoms. The maximum atomic E-state index is 2.42. The molecule has 0 atom stereocenters. The predicted molar refractivity (Wildman–Crippen MR) is 113 cm³/mol. The average Bonchev–Trinajstić information content (AvgIpc) is 2.63. The van der Waals surface area contributed by atoms with E-state index in [0.29, 0.717) is 0 Å². The minimum absolute atomic E-state index is 0.249. The minimum Gasteiger partial charge on any atom is -0.404 e. The third-order valence-electron chi connectivity index (χ3n) is 6.12. The van der Waals surface area contributed by atoms with Crippen LogP contribution in [-0.2, 0) is 7.05 Å². The van der Waals surface area contributed by atoms with E-state index < -0.39 is 0 Å². The van der Waals surface area contributed by atoms with Gasteiger partial charge in [0.2, 0.25) is 5.52 Å². The van der Waals surface area contributed by atoms with Crippen molar-refractivity contribution in [3.05, 3.63) is 70.7 Å². The van der Waals surface area contributed by atoms with Crippen molar-refractivity contribution in [1.29, 1.82) is 0 Å².